The van der Waals surface area contributed by atoms with Crippen molar-refractivity contribution in [3.63, 3.8) is 0 Å². The van der Waals surface area contributed by atoms with Crippen LogP contribution in [0.5, 0.6) is 0 Å². The largest absolute Gasteiger partial charge is 0.376 e. The van der Waals surface area contributed by atoms with Crippen LogP contribution >= 0.6 is 11.8 Å². The molecule has 1 amide bonds. The molecule has 1 atom stereocenters. The molecule has 0 spiro atoms. The van der Waals surface area contributed by atoms with Gasteiger partial charge in [-0.25, -0.2) is 0 Å². The number of para-hydroxylation sites is 1. The molecule has 1 fully saturated rings. The second kappa shape index (κ2) is 9.29. The lowest BCUT2D eigenvalue weighted by atomic mass is 10.0. The highest BCUT2D eigenvalue weighted by Gasteiger charge is 2.17. The minimum absolute atomic E-state index is 0.142. The van der Waals surface area contributed by atoms with Gasteiger partial charge in [-0.2, -0.15) is 5.26 Å². The Balaban J connectivity index is 1.74. The predicted octanol–water partition coefficient (Wildman–Crippen LogP) is 4.92. The van der Waals surface area contributed by atoms with Crippen LogP contribution in [0.1, 0.15) is 19.8 Å². The fourth-order valence-electron chi connectivity index (χ4n) is 3.13. The van der Waals surface area contributed by atoms with Gasteiger partial charge in [-0.1, -0.05) is 49.0 Å². The Morgan fingerprint density at radius 2 is 1.96 bits per heavy atom. The number of benzene rings is 2. The Kier molecular flexibility index (Phi) is 6.56. The average Bonchev–Trinajstić information content (AvgIpc) is 2.68. The van der Waals surface area contributed by atoms with E-state index in [1.54, 1.807) is 18.0 Å². The predicted molar refractivity (Wildman–Crippen MR) is 109 cm³/mol. The summed E-state index contributed by atoms with van der Waals surface area (Å²) in [7, 11) is 0. The third kappa shape index (κ3) is 5.38. The highest BCUT2D eigenvalue weighted by molar-refractivity contribution is 7.99. The third-order valence-electron chi connectivity index (χ3n) is 4.47. The number of hydrogen-bond donors (Lipinski definition) is 1. The van der Waals surface area contributed by atoms with E-state index in [0.717, 1.165) is 29.3 Å². The van der Waals surface area contributed by atoms with Gasteiger partial charge in [-0.3, -0.25) is 4.79 Å². The molecule has 0 saturated carbocycles. The fourth-order valence-corrected chi connectivity index (χ4v) is 4.05. The van der Waals surface area contributed by atoms with Crippen molar-refractivity contribution in [2.45, 2.75) is 29.6 Å². The summed E-state index contributed by atoms with van der Waals surface area (Å²) >= 11 is 1.58. The van der Waals surface area contributed by atoms with Gasteiger partial charge in [-0.15, -0.1) is 0 Å². The lowest BCUT2D eigenvalue weighted by molar-refractivity contribution is -0.112. The molecule has 2 aromatic carbocycles. The molecule has 1 aliphatic rings. The van der Waals surface area contributed by atoms with E-state index in [0.29, 0.717) is 11.6 Å². The molecular weight excluding hydrogens is 354 g/mol. The Bertz CT molecular complexity index is 857. The molecule has 0 bridgehead atoms. The first-order valence-corrected chi connectivity index (χ1v) is 9.96. The first kappa shape index (κ1) is 19.1. The molecule has 1 unspecified atom stereocenters. The van der Waals surface area contributed by atoms with E-state index in [1.807, 2.05) is 54.6 Å². The number of nitrogens with one attached hydrogen (secondary N) is 1. The van der Waals surface area contributed by atoms with Crippen molar-refractivity contribution in [2.24, 2.45) is 5.92 Å². The van der Waals surface area contributed by atoms with Gasteiger partial charge >= 0.3 is 0 Å². The summed E-state index contributed by atoms with van der Waals surface area (Å²) in [5.74, 6) is 0.220. The summed E-state index contributed by atoms with van der Waals surface area (Å²) in [6, 6.07) is 19.7. The van der Waals surface area contributed by atoms with Gasteiger partial charge in [-0.05, 0) is 43.0 Å². The van der Waals surface area contributed by atoms with Crippen molar-refractivity contribution in [2.75, 3.05) is 18.4 Å². The standard InChI is InChI=1S/C22H23N3OS/c1-17-8-7-13-25(15-17)16-18(14-23)22(26)24-20-11-5-6-12-21(20)27-19-9-3-2-4-10-19/h2-6,9-12,16-17H,7-8,13,15H2,1H3,(H,24,26)/b18-16-. The highest BCUT2D eigenvalue weighted by Crippen LogP contribution is 2.33. The maximum atomic E-state index is 12.7. The Labute approximate surface area is 164 Å². The van der Waals surface area contributed by atoms with Gasteiger partial charge in [0.25, 0.3) is 5.91 Å². The van der Waals surface area contributed by atoms with Crippen LogP contribution in [0.4, 0.5) is 5.69 Å². The molecule has 1 aliphatic heterocycles. The minimum atomic E-state index is -0.364. The molecule has 2 aromatic rings. The lowest BCUT2D eigenvalue weighted by Gasteiger charge is -2.29. The number of hydrogen-bond acceptors (Lipinski definition) is 4. The van der Waals surface area contributed by atoms with Crippen molar-refractivity contribution >= 4 is 23.4 Å². The highest BCUT2D eigenvalue weighted by atomic mass is 32.2. The maximum Gasteiger partial charge on any atom is 0.267 e. The van der Waals surface area contributed by atoms with E-state index in [2.05, 4.69) is 23.2 Å². The van der Waals surface area contributed by atoms with Gasteiger partial charge in [0.2, 0.25) is 0 Å². The number of anilines is 1. The quantitative estimate of drug-likeness (QED) is 0.594. The Hall–Kier alpha value is -2.71. The van der Waals surface area contributed by atoms with Crippen LogP contribution in [-0.4, -0.2) is 23.9 Å². The lowest BCUT2D eigenvalue weighted by Crippen LogP contribution is -2.31. The van der Waals surface area contributed by atoms with Crippen LogP contribution in [-0.2, 0) is 4.79 Å². The number of carbonyl (C=O) groups is 1. The maximum absolute atomic E-state index is 12.7. The number of likely N-dealkylation sites (tertiary alicyclic amines) is 1. The first-order valence-electron chi connectivity index (χ1n) is 9.15. The zero-order valence-electron chi connectivity index (χ0n) is 15.4. The zero-order chi connectivity index (χ0) is 19.1. The number of nitrogens with zero attached hydrogens (tertiary/aromatic N) is 2. The second-order valence-corrected chi connectivity index (χ2v) is 7.88. The molecule has 4 nitrogen and oxygen atoms in total. The first-order chi connectivity index (χ1) is 13.2. The molecular formula is C22H23N3OS. The monoisotopic (exact) mass is 377 g/mol. The molecule has 0 aliphatic carbocycles. The van der Waals surface area contributed by atoms with Crippen molar-refractivity contribution in [1.82, 2.24) is 4.90 Å². The molecule has 0 radical (unpaired) electrons. The SMILES string of the molecule is CC1CCCN(/C=C(/C#N)C(=O)Nc2ccccc2Sc2ccccc2)C1. The molecule has 3 rings (SSSR count). The molecule has 1 saturated heterocycles. The fraction of sp³-hybridized carbons (Fsp3) is 0.273. The number of nitriles is 1. The van der Waals surface area contributed by atoms with E-state index in [9.17, 15) is 10.1 Å². The van der Waals surface area contributed by atoms with E-state index in [-0.39, 0.29) is 11.5 Å². The van der Waals surface area contributed by atoms with Crippen molar-refractivity contribution in [1.29, 1.82) is 5.26 Å². The van der Waals surface area contributed by atoms with E-state index in [1.165, 1.54) is 6.42 Å². The Morgan fingerprint density at radius 1 is 1.22 bits per heavy atom. The third-order valence-corrected chi connectivity index (χ3v) is 5.56. The summed E-state index contributed by atoms with van der Waals surface area (Å²) < 4.78 is 0. The van der Waals surface area contributed by atoms with Crippen molar-refractivity contribution in [3.8, 4) is 6.07 Å². The van der Waals surface area contributed by atoms with Gasteiger partial charge < -0.3 is 10.2 Å². The molecule has 0 aromatic heterocycles. The molecule has 1 heterocycles. The molecule has 138 valence electrons. The smallest absolute Gasteiger partial charge is 0.267 e. The zero-order valence-corrected chi connectivity index (χ0v) is 16.2. The Morgan fingerprint density at radius 3 is 2.70 bits per heavy atom. The topological polar surface area (TPSA) is 56.1 Å². The molecule has 5 heteroatoms. The summed E-state index contributed by atoms with van der Waals surface area (Å²) in [5.41, 5.74) is 0.855. The minimum Gasteiger partial charge on any atom is -0.376 e. The van der Waals surface area contributed by atoms with Gasteiger partial charge in [0.15, 0.2) is 0 Å². The number of piperidine rings is 1. The van der Waals surface area contributed by atoms with Crippen LogP contribution in [0.2, 0.25) is 0 Å². The van der Waals surface area contributed by atoms with Gasteiger partial charge in [0, 0.05) is 29.1 Å². The number of amides is 1. The van der Waals surface area contributed by atoms with E-state index >= 15 is 0 Å². The summed E-state index contributed by atoms with van der Waals surface area (Å²) in [5, 5.41) is 12.4. The normalized spacial score (nSPS) is 17.3. The number of carbonyl (C=O) groups excluding carboxylic acids is 1. The molecule has 27 heavy (non-hydrogen) atoms. The van der Waals surface area contributed by atoms with Gasteiger partial charge in [0.1, 0.15) is 11.6 Å². The van der Waals surface area contributed by atoms with Crippen molar-refractivity contribution < 1.29 is 4.79 Å². The van der Waals surface area contributed by atoms with E-state index in [4.69, 9.17) is 0 Å². The summed E-state index contributed by atoms with van der Waals surface area (Å²) in [6.07, 6.45) is 4.00. The number of rotatable bonds is 5. The summed E-state index contributed by atoms with van der Waals surface area (Å²) in [6.45, 7) is 3.98. The van der Waals surface area contributed by atoms with Crippen LogP contribution in [0.25, 0.3) is 0 Å². The van der Waals surface area contributed by atoms with Crippen LogP contribution in [0.15, 0.2) is 76.2 Å². The van der Waals surface area contributed by atoms with Crippen LogP contribution in [0, 0.1) is 17.2 Å². The second-order valence-electron chi connectivity index (χ2n) is 6.76. The van der Waals surface area contributed by atoms with Crippen LogP contribution < -0.4 is 5.32 Å². The molecule has 1 N–H and O–H groups in total. The average molecular weight is 378 g/mol. The van der Waals surface area contributed by atoms with E-state index < -0.39 is 0 Å². The van der Waals surface area contributed by atoms with Crippen molar-refractivity contribution in [3.05, 3.63) is 66.4 Å². The van der Waals surface area contributed by atoms with Crippen LogP contribution in [0.3, 0.4) is 0 Å². The summed E-state index contributed by atoms with van der Waals surface area (Å²) in [4.78, 5) is 16.8. The van der Waals surface area contributed by atoms with Gasteiger partial charge in [0.05, 0.1) is 5.69 Å².